The smallest absolute Gasteiger partial charge is 0.140 e. The molecule has 0 aliphatic heterocycles. The van der Waals surface area contributed by atoms with Gasteiger partial charge >= 0.3 is 0 Å². The lowest BCUT2D eigenvalue weighted by atomic mass is 10.2. The number of aliphatic hydroxyl groups excluding tert-OH is 1. The second-order valence-electron chi connectivity index (χ2n) is 5.12. The molecule has 4 nitrogen and oxygen atoms in total. The minimum Gasteiger partial charge on any atom is -0.392 e. The zero-order valence-corrected chi connectivity index (χ0v) is 12.8. The Morgan fingerprint density at radius 3 is 2.71 bits per heavy atom. The number of hydrogen-bond acceptors (Lipinski definition) is 5. The molecular weight excluding hydrogens is 282 g/mol. The summed E-state index contributed by atoms with van der Waals surface area (Å²) >= 11 is 1.66. The molecule has 1 N–H and O–H groups in total. The molecule has 3 aromatic rings. The highest BCUT2D eigenvalue weighted by Crippen LogP contribution is 2.35. The third-order valence-electron chi connectivity index (χ3n) is 3.27. The number of aliphatic hydroxyl groups is 1. The Morgan fingerprint density at radius 1 is 1.24 bits per heavy atom. The van der Waals surface area contributed by atoms with Crippen LogP contribution in [0.25, 0.3) is 20.7 Å². The van der Waals surface area contributed by atoms with E-state index in [1.165, 1.54) is 10.4 Å². The van der Waals surface area contributed by atoms with Crippen LogP contribution in [0.2, 0.25) is 0 Å². The molecule has 0 fully saturated rings. The van der Waals surface area contributed by atoms with E-state index in [9.17, 15) is 5.11 Å². The summed E-state index contributed by atoms with van der Waals surface area (Å²) in [6, 6.07) is 12.4. The summed E-state index contributed by atoms with van der Waals surface area (Å²) in [7, 11) is 1.94. The Morgan fingerprint density at radius 2 is 2.00 bits per heavy atom. The van der Waals surface area contributed by atoms with E-state index in [1.54, 1.807) is 24.6 Å². The zero-order valence-electron chi connectivity index (χ0n) is 12.0. The van der Waals surface area contributed by atoms with Gasteiger partial charge in [0, 0.05) is 18.5 Å². The fraction of sp³-hybridized carbons (Fsp3) is 0.250. The SMILES string of the molecule is CC(O)CN(C)c1ncnc2sc(-c3ccccc3)cc12. The molecule has 1 atom stereocenters. The van der Waals surface area contributed by atoms with E-state index in [0.717, 1.165) is 16.0 Å². The topological polar surface area (TPSA) is 49.2 Å². The van der Waals surface area contributed by atoms with E-state index in [4.69, 9.17) is 0 Å². The third-order valence-corrected chi connectivity index (χ3v) is 4.36. The lowest BCUT2D eigenvalue weighted by Gasteiger charge is -2.20. The first-order valence-corrected chi connectivity index (χ1v) is 7.66. The summed E-state index contributed by atoms with van der Waals surface area (Å²) in [6.45, 7) is 2.32. The van der Waals surface area contributed by atoms with Gasteiger partial charge in [-0.1, -0.05) is 30.3 Å². The molecule has 0 aliphatic carbocycles. The van der Waals surface area contributed by atoms with E-state index in [2.05, 4.69) is 28.2 Å². The molecule has 1 aromatic carbocycles. The van der Waals surface area contributed by atoms with Crippen molar-refractivity contribution >= 4 is 27.4 Å². The molecule has 1 unspecified atom stereocenters. The van der Waals surface area contributed by atoms with Crippen LogP contribution in [0.1, 0.15) is 6.92 Å². The molecule has 108 valence electrons. The lowest BCUT2D eigenvalue weighted by molar-refractivity contribution is 0.201. The summed E-state index contributed by atoms with van der Waals surface area (Å²) in [5, 5.41) is 10.6. The predicted molar refractivity (Wildman–Crippen MR) is 87.8 cm³/mol. The van der Waals surface area contributed by atoms with Crippen molar-refractivity contribution in [3.63, 3.8) is 0 Å². The van der Waals surface area contributed by atoms with Crippen molar-refractivity contribution in [1.82, 2.24) is 9.97 Å². The van der Waals surface area contributed by atoms with Crippen LogP contribution in [0.4, 0.5) is 5.82 Å². The van der Waals surface area contributed by atoms with Gasteiger partial charge < -0.3 is 10.0 Å². The molecule has 2 aromatic heterocycles. The van der Waals surface area contributed by atoms with Crippen molar-refractivity contribution in [3.8, 4) is 10.4 Å². The fourth-order valence-corrected chi connectivity index (χ4v) is 3.37. The molecular formula is C16H17N3OS. The molecule has 0 saturated carbocycles. The van der Waals surface area contributed by atoms with Gasteiger partial charge in [0.25, 0.3) is 0 Å². The van der Waals surface area contributed by atoms with Gasteiger partial charge in [-0.05, 0) is 18.6 Å². The van der Waals surface area contributed by atoms with Crippen molar-refractivity contribution in [2.45, 2.75) is 13.0 Å². The van der Waals surface area contributed by atoms with Gasteiger partial charge in [-0.3, -0.25) is 0 Å². The van der Waals surface area contributed by atoms with Gasteiger partial charge in [0.1, 0.15) is 17.0 Å². The van der Waals surface area contributed by atoms with Crippen LogP contribution in [-0.2, 0) is 0 Å². The highest BCUT2D eigenvalue weighted by molar-refractivity contribution is 7.21. The maximum Gasteiger partial charge on any atom is 0.140 e. The lowest BCUT2D eigenvalue weighted by Crippen LogP contribution is -2.27. The highest BCUT2D eigenvalue weighted by Gasteiger charge is 2.14. The average molecular weight is 299 g/mol. The number of hydrogen-bond donors (Lipinski definition) is 1. The molecule has 0 saturated heterocycles. The van der Waals surface area contributed by atoms with Crippen molar-refractivity contribution in [1.29, 1.82) is 0 Å². The molecule has 21 heavy (non-hydrogen) atoms. The summed E-state index contributed by atoms with van der Waals surface area (Å²) in [5.74, 6) is 0.860. The van der Waals surface area contributed by atoms with Crippen LogP contribution in [0.3, 0.4) is 0 Å². The average Bonchev–Trinajstić information content (AvgIpc) is 2.91. The van der Waals surface area contributed by atoms with Crippen molar-refractivity contribution in [2.75, 3.05) is 18.5 Å². The number of nitrogens with zero attached hydrogens (tertiary/aromatic N) is 3. The molecule has 0 radical (unpaired) electrons. The second kappa shape index (κ2) is 5.79. The van der Waals surface area contributed by atoms with Gasteiger partial charge in [0.05, 0.1) is 11.5 Å². The number of likely N-dealkylation sites (N-methyl/N-ethyl adjacent to an activating group) is 1. The first-order chi connectivity index (χ1) is 10.1. The highest BCUT2D eigenvalue weighted by atomic mass is 32.1. The number of benzene rings is 1. The van der Waals surface area contributed by atoms with E-state index >= 15 is 0 Å². The fourth-order valence-electron chi connectivity index (χ4n) is 2.37. The van der Waals surface area contributed by atoms with Crippen LogP contribution in [0.15, 0.2) is 42.7 Å². The van der Waals surface area contributed by atoms with Crippen LogP contribution < -0.4 is 4.90 Å². The quantitative estimate of drug-likeness (QED) is 0.804. The van der Waals surface area contributed by atoms with Crippen LogP contribution >= 0.6 is 11.3 Å². The Hall–Kier alpha value is -1.98. The summed E-state index contributed by atoms with van der Waals surface area (Å²) in [4.78, 5) is 12.9. The second-order valence-corrected chi connectivity index (χ2v) is 6.15. The predicted octanol–water partition coefficient (Wildman–Crippen LogP) is 3.18. The van der Waals surface area contributed by atoms with E-state index in [1.807, 2.05) is 30.1 Å². The molecule has 0 amide bonds. The summed E-state index contributed by atoms with van der Waals surface area (Å²) in [6.07, 6.45) is 1.19. The molecule has 2 heterocycles. The minimum atomic E-state index is -0.396. The van der Waals surface area contributed by atoms with Crippen molar-refractivity contribution in [2.24, 2.45) is 0 Å². The van der Waals surface area contributed by atoms with Crippen LogP contribution in [0, 0.1) is 0 Å². The monoisotopic (exact) mass is 299 g/mol. The van der Waals surface area contributed by atoms with Crippen LogP contribution in [-0.4, -0.2) is 34.8 Å². The standard InChI is InChI=1S/C16H17N3OS/c1-11(20)9-19(2)15-13-8-14(12-6-4-3-5-7-12)21-16(13)18-10-17-15/h3-8,10-11,20H,9H2,1-2H3. The summed E-state index contributed by atoms with van der Waals surface area (Å²) < 4.78 is 0. The van der Waals surface area contributed by atoms with Gasteiger partial charge in [-0.2, -0.15) is 0 Å². The Labute approximate surface area is 127 Å². The molecule has 0 bridgehead atoms. The van der Waals surface area contributed by atoms with Gasteiger partial charge in [0.2, 0.25) is 0 Å². The first-order valence-electron chi connectivity index (χ1n) is 6.84. The summed E-state index contributed by atoms with van der Waals surface area (Å²) in [5.41, 5.74) is 1.18. The third kappa shape index (κ3) is 2.89. The number of anilines is 1. The Kier molecular flexibility index (Phi) is 3.86. The number of thiophene rings is 1. The van der Waals surface area contributed by atoms with Crippen LogP contribution in [0.5, 0.6) is 0 Å². The largest absolute Gasteiger partial charge is 0.392 e. The normalized spacial score (nSPS) is 12.5. The van der Waals surface area contributed by atoms with Crippen molar-refractivity contribution < 1.29 is 5.11 Å². The Bertz CT molecular complexity index is 740. The Balaban J connectivity index is 2.06. The number of fused-ring (bicyclic) bond motifs is 1. The molecule has 0 aliphatic rings. The van der Waals surface area contributed by atoms with Gasteiger partial charge in [-0.25, -0.2) is 9.97 Å². The maximum absolute atomic E-state index is 9.56. The van der Waals surface area contributed by atoms with E-state index < -0.39 is 6.10 Å². The van der Waals surface area contributed by atoms with Crippen molar-refractivity contribution in [3.05, 3.63) is 42.7 Å². The van der Waals surface area contributed by atoms with E-state index in [-0.39, 0.29) is 0 Å². The number of aromatic nitrogens is 2. The van der Waals surface area contributed by atoms with E-state index in [0.29, 0.717) is 6.54 Å². The maximum atomic E-state index is 9.56. The van der Waals surface area contributed by atoms with Gasteiger partial charge in [-0.15, -0.1) is 11.3 Å². The zero-order chi connectivity index (χ0) is 14.8. The minimum absolute atomic E-state index is 0.396. The van der Waals surface area contributed by atoms with Gasteiger partial charge in [0.15, 0.2) is 0 Å². The molecule has 5 heteroatoms. The number of rotatable bonds is 4. The molecule has 0 spiro atoms. The molecule has 3 rings (SSSR count). The first kappa shape index (κ1) is 14.0.